The van der Waals surface area contributed by atoms with Crippen molar-refractivity contribution in [2.24, 2.45) is 0 Å². The van der Waals surface area contributed by atoms with Gasteiger partial charge >= 0.3 is 6.01 Å². The zero-order valence-electron chi connectivity index (χ0n) is 18.8. The Morgan fingerprint density at radius 2 is 1.85 bits per heavy atom. The number of amides is 2. The molecule has 170 valence electrons. The molecule has 1 fully saturated rings. The van der Waals surface area contributed by atoms with Gasteiger partial charge in [-0.05, 0) is 41.5 Å². The van der Waals surface area contributed by atoms with Crippen LogP contribution in [0.5, 0.6) is 11.8 Å². The van der Waals surface area contributed by atoms with Gasteiger partial charge in [-0.3, -0.25) is 14.5 Å². The molecule has 1 atom stereocenters. The van der Waals surface area contributed by atoms with Crippen molar-refractivity contribution >= 4 is 11.8 Å². The standard InChI is InChI=1S/C25H27N5O3/c1-18(31)29-12-13-30(23(17-29)20-7-4-8-21(15-20)24(32)26-2)16-19-6-3-9-22(14-19)33-25-27-10-5-11-28-25/h3-11,14-15,23H,12-13,16-17H2,1-2H3,(H,26,32). The van der Waals surface area contributed by atoms with Crippen LogP contribution in [0.3, 0.4) is 0 Å². The largest absolute Gasteiger partial charge is 0.424 e. The molecule has 33 heavy (non-hydrogen) atoms. The van der Waals surface area contributed by atoms with Crippen molar-refractivity contribution in [3.8, 4) is 11.8 Å². The van der Waals surface area contributed by atoms with Gasteiger partial charge < -0.3 is 15.0 Å². The Balaban J connectivity index is 1.57. The minimum atomic E-state index is -0.129. The van der Waals surface area contributed by atoms with Crippen molar-refractivity contribution < 1.29 is 14.3 Å². The Kier molecular flexibility index (Phi) is 6.95. The number of hydrogen-bond donors (Lipinski definition) is 1. The fourth-order valence-electron chi connectivity index (χ4n) is 4.03. The van der Waals surface area contributed by atoms with E-state index in [1.807, 2.05) is 47.4 Å². The summed E-state index contributed by atoms with van der Waals surface area (Å²) in [5, 5.41) is 2.67. The van der Waals surface area contributed by atoms with Gasteiger partial charge in [0, 0.05) is 58.1 Å². The number of benzene rings is 2. The summed E-state index contributed by atoms with van der Waals surface area (Å²) in [7, 11) is 1.62. The van der Waals surface area contributed by atoms with E-state index in [1.54, 1.807) is 38.5 Å². The molecule has 1 aliphatic heterocycles. The number of nitrogens with one attached hydrogen (secondary N) is 1. The molecule has 0 bridgehead atoms. The zero-order chi connectivity index (χ0) is 23.2. The van der Waals surface area contributed by atoms with E-state index in [-0.39, 0.29) is 17.9 Å². The summed E-state index contributed by atoms with van der Waals surface area (Å²) < 4.78 is 5.78. The second-order valence-corrected chi connectivity index (χ2v) is 7.94. The molecule has 1 aliphatic rings. The molecular formula is C25H27N5O3. The predicted octanol–water partition coefficient (Wildman–Crippen LogP) is 3.03. The lowest BCUT2D eigenvalue weighted by atomic mass is 9.99. The summed E-state index contributed by atoms with van der Waals surface area (Å²) in [6, 6.07) is 17.5. The van der Waals surface area contributed by atoms with Gasteiger partial charge in [0.15, 0.2) is 0 Å². The molecule has 8 heteroatoms. The molecule has 0 aliphatic carbocycles. The Labute approximate surface area is 193 Å². The number of carbonyl (C=O) groups is 2. The van der Waals surface area contributed by atoms with Crippen molar-refractivity contribution in [1.82, 2.24) is 25.1 Å². The molecule has 0 saturated carbocycles. The van der Waals surface area contributed by atoms with Crippen LogP contribution in [-0.2, 0) is 11.3 Å². The summed E-state index contributed by atoms with van der Waals surface area (Å²) in [4.78, 5) is 36.7. The topological polar surface area (TPSA) is 87.7 Å². The fourth-order valence-corrected chi connectivity index (χ4v) is 4.03. The summed E-state index contributed by atoms with van der Waals surface area (Å²) in [6.45, 7) is 4.23. The average Bonchev–Trinajstić information content (AvgIpc) is 2.84. The van der Waals surface area contributed by atoms with Crippen LogP contribution in [0.1, 0.15) is 34.5 Å². The number of aromatic nitrogens is 2. The van der Waals surface area contributed by atoms with Crippen molar-refractivity contribution in [2.45, 2.75) is 19.5 Å². The second kappa shape index (κ2) is 10.2. The van der Waals surface area contributed by atoms with Crippen molar-refractivity contribution in [1.29, 1.82) is 0 Å². The number of nitrogens with zero attached hydrogens (tertiary/aromatic N) is 4. The van der Waals surface area contributed by atoms with Gasteiger partial charge in [0.2, 0.25) is 5.91 Å². The molecule has 2 aromatic carbocycles. The van der Waals surface area contributed by atoms with Gasteiger partial charge in [0.25, 0.3) is 5.91 Å². The monoisotopic (exact) mass is 445 g/mol. The van der Waals surface area contributed by atoms with Crippen LogP contribution < -0.4 is 10.1 Å². The Morgan fingerprint density at radius 1 is 1.06 bits per heavy atom. The minimum Gasteiger partial charge on any atom is -0.424 e. The lowest BCUT2D eigenvalue weighted by molar-refractivity contribution is -0.132. The van der Waals surface area contributed by atoms with Gasteiger partial charge in [-0.2, -0.15) is 0 Å². The second-order valence-electron chi connectivity index (χ2n) is 7.94. The van der Waals surface area contributed by atoms with E-state index in [0.717, 1.165) is 17.7 Å². The van der Waals surface area contributed by atoms with E-state index in [9.17, 15) is 9.59 Å². The van der Waals surface area contributed by atoms with Crippen molar-refractivity contribution in [3.63, 3.8) is 0 Å². The van der Waals surface area contributed by atoms with Crippen LogP contribution in [0.25, 0.3) is 0 Å². The van der Waals surface area contributed by atoms with Crippen molar-refractivity contribution in [3.05, 3.63) is 83.7 Å². The van der Waals surface area contributed by atoms with Gasteiger partial charge in [-0.15, -0.1) is 0 Å². The molecule has 1 aromatic heterocycles. The fraction of sp³-hybridized carbons (Fsp3) is 0.280. The molecule has 4 rings (SSSR count). The third-order valence-corrected chi connectivity index (χ3v) is 5.73. The number of rotatable bonds is 6. The van der Waals surface area contributed by atoms with Crippen LogP contribution in [-0.4, -0.2) is 58.3 Å². The highest BCUT2D eigenvalue weighted by Crippen LogP contribution is 2.29. The molecule has 1 N–H and O–H groups in total. The molecule has 1 saturated heterocycles. The van der Waals surface area contributed by atoms with Crippen LogP contribution in [0, 0.1) is 0 Å². The smallest absolute Gasteiger partial charge is 0.321 e. The van der Waals surface area contributed by atoms with E-state index >= 15 is 0 Å². The summed E-state index contributed by atoms with van der Waals surface area (Å²) in [5.41, 5.74) is 2.69. The number of carbonyl (C=O) groups excluding carboxylic acids is 2. The van der Waals surface area contributed by atoms with E-state index in [1.165, 1.54) is 0 Å². The van der Waals surface area contributed by atoms with Crippen LogP contribution >= 0.6 is 0 Å². The highest BCUT2D eigenvalue weighted by Gasteiger charge is 2.30. The van der Waals surface area contributed by atoms with Crippen LogP contribution in [0.15, 0.2) is 67.0 Å². The third-order valence-electron chi connectivity index (χ3n) is 5.73. The first kappa shape index (κ1) is 22.4. The highest BCUT2D eigenvalue weighted by molar-refractivity contribution is 5.94. The van der Waals surface area contributed by atoms with Crippen molar-refractivity contribution in [2.75, 3.05) is 26.7 Å². The predicted molar refractivity (Wildman–Crippen MR) is 124 cm³/mol. The van der Waals surface area contributed by atoms with Gasteiger partial charge in [-0.25, -0.2) is 9.97 Å². The minimum absolute atomic E-state index is 0.0331. The first-order valence-electron chi connectivity index (χ1n) is 10.9. The lowest BCUT2D eigenvalue weighted by Crippen LogP contribution is -2.49. The number of ether oxygens (including phenoxy) is 1. The molecule has 2 amide bonds. The maximum Gasteiger partial charge on any atom is 0.321 e. The van der Waals surface area contributed by atoms with E-state index in [0.29, 0.717) is 37.0 Å². The van der Waals surface area contributed by atoms with E-state index in [4.69, 9.17) is 4.74 Å². The average molecular weight is 446 g/mol. The third kappa shape index (κ3) is 5.53. The maximum absolute atomic E-state index is 12.2. The van der Waals surface area contributed by atoms with E-state index < -0.39 is 0 Å². The summed E-state index contributed by atoms with van der Waals surface area (Å²) in [6.07, 6.45) is 3.27. The Morgan fingerprint density at radius 3 is 2.61 bits per heavy atom. The normalized spacial score (nSPS) is 16.3. The maximum atomic E-state index is 12.2. The molecule has 8 nitrogen and oxygen atoms in total. The van der Waals surface area contributed by atoms with E-state index in [2.05, 4.69) is 20.2 Å². The Hall–Kier alpha value is -3.78. The number of piperazine rings is 1. The van der Waals surface area contributed by atoms with Gasteiger partial charge in [0.05, 0.1) is 6.04 Å². The molecule has 2 heterocycles. The first-order chi connectivity index (χ1) is 16.0. The Bertz CT molecular complexity index is 1120. The lowest BCUT2D eigenvalue weighted by Gasteiger charge is -2.41. The quantitative estimate of drug-likeness (QED) is 0.628. The first-order valence-corrected chi connectivity index (χ1v) is 10.9. The molecule has 0 radical (unpaired) electrons. The molecule has 3 aromatic rings. The van der Waals surface area contributed by atoms with Gasteiger partial charge in [0.1, 0.15) is 5.75 Å². The number of hydrogen-bond acceptors (Lipinski definition) is 6. The zero-order valence-corrected chi connectivity index (χ0v) is 18.8. The van der Waals surface area contributed by atoms with Gasteiger partial charge in [-0.1, -0.05) is 24.3 Å². The molecule has 1 unspecified atom stereocenters. The summed E-state index contributed by atoms with van der Waals surface area (Å²) >= 11 is 0. The molecule has 0 spiro atoms. The summed E-state index contributed by atoms with van der Waals surface area (Å²) in [5.74, 6) is 0.593. The van der Waals surface area contributed by atoms with Crippen LogP contribution in [0.4, 0.5) is 0 Å². The highest BCUT2D eigenvalue weighted by atomic mass is 16.5. The SMILES string of the molecule is CNC(=O)c1cccc(C2CN(C(C)=O)CCN2Cc2cccc(Oc3ncccn3)c2)c1. The molecular weight excluding hydrogens is 418 g/mol. The van der Waals surface area contributed by atoms with Crippen LogP contribution in [0.2, 0.25) is 0 Å².